The van der Waals surface area contributed by atoms with Crippen molar-refractivity contribution in [1.29, 1.82) is 0 Å². The van der Waals surface area contributed by atoms with Crippen LogP contribution in [0.3, 0.4) is 0 Å². The summed E-state index contributed by atoms with van der Waals surface area (Å²) >= 11 is 3.41. The van der Waals surface area contributed by atoms with Gasteiger partial charge in [0.15, 0.2) is 0 Å². The van der Waals surface area contributed by atoms with Crippen LogP contribution in [0.2, 0.25) is 0 Å². The number of nitrogens with zero attached hydrogens (tertiary/aromatic N) is 3. The summed E-state index contributed by atoms with van der Waals surface area (Å²) in [6.45, 7) is 3.91. The summed E-state index contributed by atoms with van der Waals surface area (Å²) in [5, 5.41) is 14.0. The lowest BCUT2D eigenvalue weighted by atomic mass is 10.0. The largest absolute Gasteiger partial charge is 0.478 e. The van der Waals surface area contributed by atoms with Crippen molar-refractivity contribution < 1.29 is 14.3 Å². The second-order valence-electron chi connectivity index (χ2n) is 7.69. The van der Waals surface area contributed by atoms with E-state index in [0.717, 1.165) is 28.4 Å². The first-order valence-corrected chi connectivity index (χ1v) is 11.4. The number of rotatable bonds is 7. The first-order valence-electron chi connectivity index (χ1n) is 10.6. The van der Waals surface area contributed by atoms with Gasteiger partial charge in [0, 0.05) is 16.5 Å². The SMILES string of the molecule is CCCCc1nc2ccc(Br)cc2c(=O)n1N=Cc1ccc(-c2ccc(C(=O)O)cc2C)o1. The predicted molar refractivity (Wildman–Crippen MR) is 131 cm³/mol. The minimum Gasteiger partial charge on any atom is -0.478 e. The fraction of sp³-hybridized carbons (Fsp3) is 0.200. The third-order valence-electron chi connectivity index (χ3n) is 5.30. The molecule has 2 aromatic heterocycles. The Balaban J connectivity index is 1.70. The summed E-state index contributed by atoms with van der Waals surface area (Å²) in [6.07, 6.45) is 3.99. The Morgan fingerprint density at radius 1 is 1.21 bits per heavy atom. The monoisotopic (exact) mass is 507 g/mol. The summed E-state index contributed by atoms with van der Waals surface area (Å²) in [7, 11) is 0. The van der Waals surface area contributed by atoms with E-state index in [1.807, 2.05) is 19.1 Å². The molecular formula is C25H22BrN3O4. The minimum absolute atomic E-state index is 0.221. The molecule has 0 atom stereocenters. The third-order valence-corrected chi connectivity index (χ3v) is 5.79. The first kappa shape index (κ1) is 22.7. The fourth-order valence-electron chi connectivity index (χ4n) is 3.57. The van der Waals surface area contributed by atoms with Crippen LogP contribution in [-0.2, 0) is 6.42 Å². The van der Waals surface area contributed by atoms with Gasteiger partial charge in [-0.2, -0.15) is 9.78 Å². The van der Waals surface area contributed by atoms with E-state index in [0.29, 0.717) is 34.7 Å². The first-order chi connectivity index (χ1) is 15.9. The van der Waals surface area contributed by atoms with Crippen LogP contribution in [0.15, 0.2) is 67.3 Å². The molecule has 168 valence electrons. The van der Waals surface area contributed by atoms with Crippen LogP contribution in [0.4, 0.5) is 0 Å². The van der Waals surface area contributed by atoms with Gasteiger partial charge < -0.3 is 9.52 Å². The summed E-state index contributed by atoms with van der Waals surface area (Å²) in [5.41, 5.74) is 2.20. The maximum atomic E-state index is 13.2. The summed E-state index contributed by atoms with van der Waals surface area (Å²) in [5.74, 6) is 0.677. The van der Waals surface area contributed by atoms with Crippen LogP contribution in [0.25, 0.3) is 22.2 Å². The number of hydrogen-bond acceptors (Lipinski definition) is 5. The van der Waals surface area contributed by atoms with E-state index in [4.69, 9.17) is 9.52 Å². The van der Waals surface area contributed by atoms with Gasteiger partial charge in [0.05, 0.1) is 22.7 Å². The minimum atomic E-state index is -0.975. The van der Waals surface area contributed by atoms with E-state index in [2.05, 4.69) is 32.9 Å². The molecule has 0 aliphatic carbocycles. The van der Waals surface area contributed by atoms with Crippen molar-refractivity contribution in [2.24, 2.45) is 5.10 Å². The number of hydrogen-bond donors (Lipinski definition) is 1. The average molecular weight is 508 g/mol. The molecule has 7 nitrogen and oxygen atoms in total. The number of carboxylic acids is 1. The van der Waals surface area contributed by atoms with Crippen molar-refractivity contribution >= 4 is 39.0 Å². The molecule has 8 heteroatoms. The average Bonchev–Trinajstić information content (AvgIpc) is 3.26. The number of carboxylic acid groups (broad SMARTS) is 1. The van der Waals surface area contributed by atoms with E-state index < -0.39 is 5.97 Å². The van der Waals surface area contributed by atoms with Crippen LogP contribution < -0.4 is 5.56 Å². The molecule has 0 spiro atoms. The second kappa shape index (κ2) is 9.54. The molecule has 2 heterocycles. The maximum absolute atomic E-state index is 13.2. The van der Waals surface area contributed by atoms with Crippen molar-refractivity contribution in [1.82, 2.24) is 9.66 Å². The van der Waals surface area contributed by atoms with Crippen molar-refractivity contribution in [2.75, 3.05) is 0 Å². The Bertz CT molecular complexity index is 1440. The highest BCUT2D eigenvalue weighted by Crippen LogP contribution is 2.26. The van der Waals surface area contributed by atoms with Crippen LogP contribution in [0.1, 0.15) is 47.3 Å². The van der Waals surface area contributed by atoms with Gasteiger partial charge in [-0.15, -0.1) is 0 Å². The lowest BCUT2D eigenvalue weighted by molar-refractivity contribution is 0.0697. The predicted octanol–water partition coefficient (Wildman–Crippen LogP) is 5.65. The van der Waals surface area contributed by atoms with Crippen LogP contribution >= 0.6 is 15.9 Å². The van der Waals surface area contributed by atoms with E-state index >= 15 is 0 Å². The highest BCUT2D eigenvalue weighted by Gasteiger charge is 2.12. The molecule has 0 saturated carbocycles. The van der Waals surface area contributed by atoms with Gasteiger partial charge in [-0.3, -0.25) is 4.79 Å². The normalized spacial score (nSPS) is 11.5. The lowest BCUT2D eigenvalue weighted by Gasteiger charge is -2.09. The topological polar surface area (TPSA) is 97.7 Å². The maximum Gasteiger partial charge on any atom is 0.335 e. The molecule has 33 heavy (non-hydrogen) atoms. The van der Waals surface area contributed by atoms with Crippen molar-refractivity contribution in [2.45, 2.75) is 33.1 Å². The molecule has 0 aliphatic heterocycles. The number of carbonyl (C=O) groups is 1. The number of halogens is 1. The van der Waals surface area contributed by atoms with Gasteiger partial charge in [-0.1, -0.05) is 35.3 Å². The van der Waals surface area contributed by atoms with Gasteiger partial charge >= 0.3 is 5.97 Å². The molecule has 0 amide bonds. The van der Waals surface area contributed by atoms with Gasteiger partial charge in [-0.25, -0.2) is 9.78 Å². The van der Waals surface area contributed by atoms with Crippen LogP contribution in [0.5, 0.6) is 0 Å². The molecule has 0 bridgehead atoms. The molecule has 1 N–H and O–H groups in total. The third kappa shape index (κ3) is 4.80. The Morgan fingerprint density at radius 3 is 2.76 bits per heavy atom. The van der Waals surface area contributed by atoms with Crippen LogP contribution in [-0.4, -0.2) is 27.0 Å². The zero-order valence-corrected chi connectivity index (χ0v) is 19.8. The van der Waals surface area contributed by atoms with Crippen molar-refractivity contribution in [3.05, 3.63) is 86.1 Å². The van der Waals surface area contributed by atoms with Gasteiger partial charge in [0.1, 0.15) is 17.3 Å². The number of aromatic carboxylic acids is 1. The molecule has 4 aromatic rings. The second-order valence-corrected chi connectivity index (χ2v) is 8.61. The van der Waals surface area contributed by atoms with Gasteiger partial charge in [0.25, 0.3) is 5.56 Å². The fourth-order valence-corrected chi connectivity index (χ4v) is 3.93. The molecule has 0 unspecified atom stereocenters. The highest BCUT2D eigenvalue weighted by atomic mass is 79.9. The quantitative estimate of drug-likeness (QED) is 0.326. The number of unbranched alkanes of at least 4 members (excludes halogenated alkanes) is 1. The zero-order chi connectivity index (χ0) is 23.5. The van der Waals surface area contributed by atoms with Crippen LogP contribution in [0, 0.1) is 6.92 Å². The van der Waals surface area contributed by atoms with E-state index in [9.17, 15) is 9.59 Å². The number of aromatic nitrogens is 2. The molecule has 0 aliphatic rings. The van der Waals surface area contributed by atoms with E-state index in [-0.39, 0.29) is 11.1 Å². The van der Waals surface area contributed by atoms with Gasteiger partial charge in [0.2, 0.25) is 0 Å². The summed E-state index contributed by atoms with van der Waals surface area (Å²) in [4.78, 5) is 29.0. The van der Waals surface area contributed by atoms with Gasteiger partial charge in [-0.05, 0) is 61.4 Å². The molecule has 0 fully saturated rings. The smallest absolute Gasteiger partial charge is 0.335 e. The zero-order valence-electron chi connectivity index (χ0n) is 18.2. The Hall–Kier alpha value is -3.52. The Labute approximate surface area is 198 Å². The molecule has 0 saturated heterocycles. The Kier molecular flexibility index (Phi) is 6.55. The number of aryl methyl sites for hydroxylation is 2. The number of furan rings is 1. The molecular weight excluding hydrogens is 486 g/mol. The standard InChI is InChI=1S/C25H22BrN3O4/c1-3-4-5-23-28-21-10-7-17(26)13-20(21)24(30)29(23)27-14-18-8-11-22(33-18)19-9-6-16(25(31)32)12-15(19)2/h6-14H,3-5H2,1-2H3,(H,31,32). The van der Waals surface area contributed by atoms with Crippen molar-refractivity contribution in [3.8, 4) is 11.3 Å². The lowest BCUT2D eigenvalue weighted by Crippen LogP contribution is -2.22. The molecule has 0 radical (unpaired) electrons. The summed E-state index contributed by atoms with van der Waals surface area (Å²) < 4.78 is 8.03. The van der Waals surface area contributed by atoms with Crippen molar-refractivity contribution in [3.63, 3.8) is 0 Å². The number of benzene rings is 2. The molecule has 4 rings (SSSR count). The summed E-state index contributed by atoms with van der Waals surface area (Å²) in [6, 6.07) is 13.8. The highest BCUT2D eigenvalue weighted by molar-refractivity contribution is 9.10. The molecule has 2 aromatic carbocycles. The van der Waals surface area contributed by atoms with E-state index in [1.165, 1.54) is 10.9 Å². The Morgan fingerprint density at radius 2 is 2.03 bits per heavy atom. The number of fused-ring (bicyclic) bond motifs is 1. The van der Waals surface area contributed by atoms with E-state index in [1.54, 1.807) is 36.4 Å².